The van der Waals surface area contributed by atoms with E-state index in [0.29, 0.717) is 25.3 Å². The summed E-state index contributed by atoms with van der Waals surface area (Å²) in [4.78, 5) is 9.97. The van der Waals surface area contributed by atoms with Gasteiger partial charge in [-0.25, -0.2) is 4.99 Å². The zero-order valence-electron chi connectivity index (χ0n) is 17.7. The van der Waals surface area contributed by atoms with Gasteiger partial charge in [-0.15, -0.1) is 18.3 Å². The summed E-state index contributed by atoms with van der Waals surface area (Å²) in [6, 6.07) is 4.64. The zero-order valence-corrected chi connectivity index (χ0v) is 19.4. The highest BCUT2D eigenvalue weighted by Crippen LogP contribution is 2.34. The average Bonchev–Trinajstić information content (AvgIpc) is 3.16. The lowest BCUT2D eigenvalue weighted by Gasteiger charge is -2.21. The molecule has 3 unspecified atom stereocenters. The first-order valence-electron chi connectivity index (χ1n) is 10.4. The molecule has 0 bridgehead atoms. The van der Waals surface area contributed by atoms with Gasteiger partial charge in [-0.1, -0.05) is 41.8 Å². The average molecular weight is 445 g/mol. The molecule has 30 heavy (non-hydrogen) atoms. The number of allylic oxidation sites excluding steroid dienone is 1. The molecular formula is C23H30N3O2S2-. The first kappa shape index (κ1) is 23.0. The van der Waals surface area contributed by atoms with E-state index >= 15 is 0 Å². The predicted octanol–water partition coefficient (Wildman–Crippen LogP) is 4.12. The highest BCUT2D eigenvalue weighted by molar-refractivity contribution is 8.00. The van der Waals surface area contributed by atoms with Crippen LogP contribution in [-0.4, -0.2) is 38.0 Å². The maximum Gasteiger partial charge on any atom is 0.131 e. The van der Waals surface area contributed by atoms with Crippen LogP contribution < -0.4 is 5.73 Å². The number of rotatable bonds is 9. The van der Waals surface area contributed by atoms with E-state index in [2.05, 4.69) is 41.7 Å². The summed E-state index contributed by atoms with van der Waals surface area (Å²) in [5.41, 5.74) is 12.2. The fraction of sp³-hybridized carbons (Fsp3) is 0.478. The third-order valence-electron chi connectivity index (χ3n) is 5.75. The molecule has 1 aromatic rings. The lowest BCUT2D eigenvalue weighted by molar-refractivity contribution is 0.536. The fourth-order valence-corrected chi connectivity index (χ4v) is 5.45. The van der Waals surface area contributed by atoms with Gasteiger partial charge in [-0.3, -0.25) is 9.20 Å². The van der Waals surface area contributed by atoms with Crippen LogP contribution in [0.3, 0.4) is 0 Å². The Balaban J connectivity index is 1.80. The summed E-state index contributed by atoms with van der Waals surface area (Å²) in [6.07, 6.45) is 8.72. The van der Waals surface area contributed by atoms with Gasteiger partial charge in [0, 0.05) is 28.0 Å². The fourth-order valence-electron chi connectivity index (χ4n) is 3.92. The Bertz CT molecular complexity index is 921. The van der Waals surface area contributed by atoms with Crippen LogP contribution in [0.4, 0.5) is 0 Å². The molecule has 2 aliphatic rings. The second kappa shape index (κ2) is 10.6. The first-order valence-corrected chi connectivity index (χ1v) is 12.5. The summed E-state index contributed by atoms with van der Waals surface area (Å²) in [7, 11) is 0. The van der Waals surface area contributed by atoms with E-state index in [1.807, 2.05) is 13.0 Å². The van der Waals surface area contributed by atoms with Crippen LogP contribution in [0, 0.1) is 12.8 Å². The molecule has 1 aliphatic carbocycles. The SMILES string of the molecule is C=CC(C=C(CCS(=O)[O-])CC1=NCN=C(N)C1C)Sc1cc2c(cc1C)CCC2. The summed E-state index contributed by atoms with van der Waals surface area (Å²) in [6.45, 7) is 8.53. The van der Waals surface area contributed by atoms with Gasteiger partial charge in [0.1, 0.15) is 12.5 Å². The molecule has 0 spiro atoms. The van der Waals surface area contributed by atoms with Gasteiger partial charge >= 0.3 is 0 Å². The predicted molar refractivity (Wildman–Crippen MR) is 127 cm³/mol. The Morgan fingerprint density at radius 2 is 2.13 bits per heavy atom. The van der Waals surface area contributed by atoms with Crippen molar-refractivity contribution in [3.63, 3.8) is 0 Å². The molecule has 7 heteroatoms. The van der Waals surface area contributed by atoms with Gasteiger partial charge in [-0.2, -0.15) is 0 Å². The van der Waals surface area contributed by atoms with Gasteiger partial charge in [-0.05, 0) is 55.4 Å². The number of nitrogens with two attached hydrogens (primary N) is 1. The van der Waals surface area contributed by atoms with Crippen LogP contribution in [0.1, 0.15) is 42.9 Å². The van der Waals surface area contributed by atoms with E-state index in [9.17, 15) is 8.76 Å². The first-order chi connectivity index (χ1) is 14.4. The lowest BCUT2D eigenvalue weighted by Crippen LogP contribution is -2.31. The van der Waals surface area contributed by atoms with Crippen molar-refractivity contribution < 1.29 is 8.76 Å². The molecule has 0 amide bonds. The number of benzene rings is 1. The highest BCUT2D eigenvalue weighted by Gasteiger charge is 2.20. The topological polar surface area (TPSA) is 90.9 Å². The van der Waals surface area contributed by atoms with Crippen LogP contribution in [0.2, 0.25) is 0 Å². The molecular weight excluding hydrogens is 414 g/mol. The number of fused-ring (bicyclic) bond motifs is 1. The van der Waals surface area contributed by atoms with Crippen LogP contribution in [0.15, 0.2) is 51.3 Å². The molecule has 2 N–H and O–H groups in total. The number of aliphatic imine (C=N–C) groups is 2. The lowest BCUT2D eigenvalue weighted by atomic mass is 9.95. The minimum Gasteiger partial charge on any atom is -0.772 e. The Morgan fingerprint density at radius 1 is 1.40 bits per heavy atom. The molecule has 0 radical (unpaired) electrons. The van der Waals surface area contributed by atoms with Crippen LogP contribution in [0.5, 0.6) is 0 Å². The molecule has 1 aromatic carbocycles. The third kappa shape index (κ3) is 5.93. The number of hydrogen-bond acceptors (Lipinski definition) is 6. The quantitative estimate of drug-likeness (QED) is 0.352. The monoisotopic (exact) mass is 444 g/mol. The molecule has 1 aliphatic heterocycles. The number of thioether (sulfide) groups is 1. The van der Waals surface area contributed by atoms with Gasteiger partial charge in [0.2, 0.25) is 0 Å². The van der Waals surface area contributed by atoms with Gasteiger partial charge < -0.3 is 10.3 Å². The third-order valence-corrected chi connectivity index (χ3v) is 7.59. The largest absolute Gasteiger partial charge is 0.772 e. The second-order valence-corrected chi connectivity index (χ2v) is 10.1. The van der Waals surface area contributed by atoms with Gasteiger partial charge in [0.15, 0.2) is 0 Å². The van der Waals surface area contributed by atoms with Crippen molar-refractivity contribution in [2.45, 2.75) is 56.1 Å². The van der Waals surface area contributed by atoms with Gasteiger partial charge in [0.25, 0.3) is 0 Å². The van der Waals surface area contributed by atoms with Gasteiger partial charge in [0.05, 0.1) is 5.92 Å². The highest BCUT2D eigenvalue weighted by atomic mass is 32.2. The molecule has 0 saturated heterocycles. The molecule has 5 nitrogen and oxygen atoms in total. The summed E-state index contributed by atoms with van der Waals surface area (Å²) < 4.78 is 22.4. The number of nitrogens with zero attached hydrogens (tertiary/aromatic N) is 2. The van der Waals surface area contributed by atoms with Crippen LogP contribution >= 0.6 is 11.8 Å². The minimum absolute atomic E-state index is 0.0197. The molecule has 3 rings (SSSR count). The Hall–Kier alpha value is -1.70. The van der Waals surface area contributed by atoms with Crippen LogP contribution in [0.25, 0.3) is 0 Å². The smallest absolute Gasteiger partial charge is 0.131 e. The number of aryl methyl sites for hydroxylation is 3. The summed E-state index contributed by atoms with van der Waals surface area (Å²) in [5.74, 6) is 0.674. The summed E-state index contributed by atoms with van der Waals surface area (Å²) >= 11 is -0.308. The molecule has 162 valence electrons. The van der Waals surface area contributed by atoms with Crippen molar-refractivity contribution in [3.05, 3.63) is 53.1 Å². The van der Waals surface area contributed by atoms with Crippen molar-refractivity contribution in [1.82, 2.24) is 0 Å². The molecule has 0 fully saturated rings. The number of amidine groups is 1. The standard InChI is InChI=1S/C23H31N3O2S2/c1-4-20(29-22-13-19-7-5-6-18(19)10-15(22)2)11-17(8-9-30(27)28)12-21-16(3)23(24)26-14-25-21/h4,10-11,13,16,20H,1,5-9,12,14H2,2-3H3,(H2,24,26)(H,27,28)/p-1. The van der Waals surface area contributed by atoms with Crippen LogP contribution in [-0.2, 0) is 23.9 Å². The van der Waals surface area contributed by atoms with Crippen molar-refractivity contribution >= 4 is 34.4 Å². The second-order valence-electron chi connectivity index (χ2n) is 7.91. The van der Waals surface area contributed by atoms with Crippen molar-refractivity contribution in [3.8, 4) is 0 Å². The Kier molecular flexibility index (Phi) is 8.08. The normalized spacial score (nSPS) is 20.9. The molecule has 1 heterocycles. The van der Waals surface area contributed by atoms with E-state index < -0.39 is 11.1 Å². The van der Waals surface area contributed by atoms with E-state index in [-0.39, 0.29) is 16.9 Å². The van der Waals surface area contributed by atoms with E-state index in [0.717, 1.165) is 17.7 Å². The molecule has 3 atom stereocenters. The molecule has 0 aromatic heterocycles. The Morgan fingerprint density at radius 3 is 2.83 bits per heavy atom. The van der Waals surface area contributed by atoms with E-state index in [4.69, 9.17) is 5.73 Å². The van der Waals surface area contributed by atoms with E-state index in [1.54, 1.807) is 11.8 Å². The maximum absolute atomic E-state index is 11.2. The van der Waals surface area contributed by atoms with Crippen molar-refractivity contribution in [2.24, 2.45) is 21.6 Å². The van der Waals surface area contributed by atoms with E-state index in [1.165, 1.54) is 34.4 Å². The number of hydrogen-bond donors (Lipinski definition) is 1. The molecule has 0 saturated carbocycles. The Labute approximate surface area is 186 Å². The zero-order chi connectivity index (χ0) is 21.7. The maximum atomic E-state index is 11.2. The minimum atomic E-state index is -2.08. The van der Waals surface area contributed by atoms with Crippen molar-refractivity contribution in [2.75, 3.05) is 12.4 Å². The van der Waals surface area contributed by atoms with Crippen molar-refractivity contribution in [1.29, 1.82) is 0 Å². The summed E-state index contributed by atoms with van der Waals surface area (Å²) in [5, 5.41) is 0.0590.